The van der Waals surface area contributed by atoms with E-state index < -0.39 is 53.2 Å². The average molecular weight is 751 g/mol. The Morgan fingerprint density at radius 3 is 2.20 bits per heavy atom. The fourth-order valence-corrected chi connectivity index (χ4v) is 7.52. The molecular weight excluding hydrogens is 709 g/mol. The number of amides is 4. The minimum Gasteiger partial charge on any atom is -0.451 e. The SMILES string of the molecule is C=CCOC(=O)Nc1ccc(CN2CC/C(=C\C3=CS[C@@H]4[C@H](NC(=O)OC(C)(C)C)C(=O)N4[C@H]3C(=O)OC(c3ccccc3)c3ccccc3)C2=O)cc1. The summed E-state index contributed by atoms with van der Waals surface area (Å²) >= 11 is 1.28. The molecule has 6 rings (SSSR count). The van der Waals surface area contributed by atoms with Gasteiger partial charge < -0.3 is 29.3 Å². The Labute approximate surface area is 318 Å². The van der Waals surface area contributed by atoms with E-state index in [2.05, 4.69) is 17.2 Å². The van der Waals surface area contributed by atoms with Gasteiger partial charge in [0.2, 0.25) is 11.8 Å². The molecular formula is C41H42N4O8S. The predicted octanol–water partition coefficient (Wildman–Crippen LogP) is 6.47. The third-order valence-corrected chi connectivity index (χ3v) is 10.00. The minimum absolute atomic E-state index is 0.0942. The second kappa shape index (κ2) is 16.5. The number of thioether (sulfide) groups is 1. The fraction of sp³-hybridized carbons (Fsp3) is 0.293. The van der Waals surface area contributed by atoms with Crippen molar-refractivity contribution in [1.29, 1.82) is 0 Å². The van der Waals surface area contributed by atoms with Crippen LogP contribution in [0.2, 0.25) is 0 Å². The van der Waals surface area contributed by atoms with Crippen LogP contribution in [0.4, 0.5) is 15.3 Å². The van der Waals surface area contributed by atoms with Gasteiger partial charge in [-0.2, -0.15) is 0 Å². The van der Waals surface area contributed by atoms with E-state index in [-0.39, 0.29) is 12.5 Å². The van der Waals surface area contributed by atoms with Crippen LogP contribution in [0.1, 0.15) is 50.0 Å². The predicted molar refractivity (Wildman–Crippen MR) is 204 cm³/mol. The molecule has 3 aromatic carbocycles. The summed E-state index contributed by atoms with van der Waals surface area (Å²) in [7, 11) is 0. The first-order valence-corrected chi connectivity index (χ1v) is 18.5. The molecule has 0 unspecified atom stereocenters. The number of benzene rings is 3. The summed E-state index contributed by atoms with van der Waals surface area (Å²) in [5, 5.41) is 6.45. The highest BCUT2D eigenvalue weighted by Crippen LogP contribution is 2.42. The molecule has 0 spiro atoms. The molecule has 0 aliphatic carbocycles. The van der Waals surface area contributed by atoms with Crippen LogP contribution in [0.5, 0.6) is 0 Å². The van der Waals surface area contributed by atoms with Crippen LogP contribution >= 0.6 is 11.8 Å². The number of carbonyl (C=O) groups is 5. The zero-order valence-corrected chi connectivity index (χ0v) is 31.0. The fourth-order valence-electron chi connectivity index (χ4n) is 6.33. The number of nitrogens with one attached hydrogen (secondary N) is 2. The van der Waals surface area contributed by atoms with E-state index >= 15 is 0 Å². The van der Waals surface area contributed by atoms with Gasteiger partial charge >= 0.3 is 18.2 Å². The molecule has 3 aliphatic rings. The Bertz CT molecular complexity index is 1920. The van der Waals surface area contributed by atoms with Gasteiger partial charge in [-0.3, -0.25) is 14.9 Å². The van der Waals surface area contributed by atoms with Crippen LogP contribution in [0.15, 0.2) is 120 Å². The van der Waals surface area contributed by atoms with Gasteiger partial charge in [0.1, 0.15) is 23.6 Å². The lowest BCUT2D eigenvalue weighted by Crippen LogP contribution is -2.74. The molecule has 0 radical (unpaired) electrons. The number of rotatable bonds is 11. The number of hydrogen-bond acceptors (Lipinski definition) is 9. The lowest BCUT2D eigenvalue weighted by Gasteiger charge is -2.51. The van der Waals surface area contributed by atoms with E-state index in [1.54, 1.807) is 49.3 Å². The van der Waals surface area contributed by atoms with Crippen molar-refractivity contribution in [3.63, 3.8) is 0 Å². The topological polar surface area (TPSA) is 144 Å². The monoisotopic (exact) mass is 750 g/mol. The highest BCUT2D eigenvalue weighted by atomic mass is 32.2. The second-order valence-corrected chi connectivity index (χ2v) is 14.9. The number of β-lactam (4-membered cyclic amide) rings is 1. The van der Waals surface area contributed by atoms with Crippen LogP contribution in [-0.2, 0) is 35.1 Å². The van der Waals surface area contributed by atoms with Crippen molar-refractivity contribution >= 4 is 47.4 Å². The summed E-state index contributed by atoms with van der Waals surface area (Å²) < 4.78 is 16.6. The smallest absolute Gasteiger partial charge is 0.411 e. The van der Waals surface area contributed by atoms with E-state index in [0.29, 0.717) is 36.3 Å². The van der Waals surface area contributed by atoms with Crippen molar-refractivity contribution in [1.82, 2.24) is 15.1 Å². The molecule has 0 bridgehead atoms. The molecule has 3 aromatic rings. The molecule has 3 aliphatic heterocycles. The number of ether oxygens (including phenoxy) is 3. The lowest BCUT2D eigenvalue weighted by molar-refractivity contribution is -0.164. The van der Waals surface area contributed by atoms with Crippen LogP contribution in [0, 0.1) is 0 Å². The summed E-state index contributed by atoms with van der Waals surface area (Å²) in [6.07, 6.45) is 1.48. The van der Waals surface area contributed by atoms with Crippen molar-refractivity contribution in [2.24, 2.45) is 0 Å². The Hall–Kier alpha value is -5.82. The second-order valence-electron chi connectivity index (χ2n) is 13.9. The minimum atomic E-state index is -1.18. The van der Waals surface area contributed by atoms with Crippen molar-refractivity contribution in [2.45, 2.75) is 62.9 Å². The van der Waals surface area contributed by atoms with Crippen molar-refractivity contribution in [3.05, 3.63) is 137 Å². The summed E-state index contributed by atoms with van der Waals surface area (Å²) in [5.74, 6) is -1.34. The number of nitrogens with zero attached hydrogens (tertiary/aromatic N) is 2. The van der Waals surface area contributed by atoms with Crippen molar-refractivity contribution < 1.29 is 38.2 Å². The van der Waals surface area contributed by atoms with Gasteiger partial charge in [-0.25, -0.2) is 14.4 Å². The molecule has 54 heavy (non-hydrogen) atoms. The molecule has 2 fully saturated rings. The highest BCUT2D eigenvalue weighted by Gasteiger charge is 2.56. The first kappa shape index (κ1) is 37.9. The first-order chi connectivity index (χ1) is 25.9. The maximum atomic E-state index is 14.4. The number of anilines is 1. The number of esters is 1. The Balaban J connectivity index is 1.23. The molecule has 2 saturated heterocycles. The maximum absolute atomic E-state index is 14.4. The Morgan fingerprint density at radius 1 is 0.944 bits per heavy atom. The van der Waals surface area contributed by atoms with Crippen LogP contribution in [0.25, 0.3) is 0 Å². The van der Waals surface area contributed by atoms with Crippen LogP contribution in [-0.4, -0.2) is 76.0 Å². The van der Waals surface area contributed by atoms with Gasteiger partial charge in [-0.1, -0.05) is 85.5 Å². The first-order valence-electron chi connectivity index (χ1n) is 17.5. The van der Waals surface area contributed by atoms with Crippen molar-refractivity contribution in [2.75, 3.05) is 18.5 Å². The van der Waals surface area contributed by atoms with E-state index in [1.807, 2.05) is 72.8 Å². The number of hydrogen-bond donors (Lipinski definition) is 2. The molecule has 3 heterocycles. The molecule has 0 saturated carbocycles. The number of alkyl carbamates (subject to hydrolysis) is 1. The van der Waals surface area contributed by atoms with Crippen LogP contribution in [0.3, 0.4) is 0 Å². The average Bonchev–Trinajstić information content (AvgIpc) is 3.49. The normalized spacial score (nSPS) is 20.1. The van der Waals surface area contributed by atoms with E-state index in [0.717, 1.165) is 16.7 Å². The summed E-state index contributed by atoms with van der Waals surface area (Å²) in [4.78, 5) is 69.5. The summed E-state index contributed by atoms with van der Waals surface area (Å²) in [6.45, 7) is 9.58. The van der Waals surface area contributed by atoms with Gasteiger partial charge in [0, 0.05) is 24.4 Å². The van der Waals surface area contributed by atoms with Crippen LogP contribution < -0.4 is 10.6 Å². The highest BCUT2D eigenvalue weighted by molar-refractivity contribution is 8.03. The van der Waals surface area contributed by atoms with Gasteiger partial charge in [0.15, 0.2) is 12.1 Å². The molecule has 12 nitrogen and oxygen atoms in total. The standard InChI is InChI=1S/C41H42N4O8S/c1-5-22-51-39(49)42-31-18-16-26(17-19-31)24-44-21-20-29(35(44)46)23-30-25-54-37-32(43-40(50)53-41(2,3)4)36(47)45(37)33(30)38(48)52-34(27-12-8-6-9-13-27)28-14-10-7-11-15-28/h5-19,23,25,32-34,37H,1,20-22,24H2,2-4H3,(H,42,49)(H,43,50)/b29-23+/t32-,33-,37-/m1/s1. The molecule has 3 atom stereocenters. The number of fused-ring (bicyclic) bond motifs is 1. The van der Waals surface area contributed by atoms with Gasteiger partial charge in [-0.05, 0) is 73.1 Å². The summed E-state index contributed by atoms with van der Waals surface area (Å²) in [6, 6.07) is 23.6. The Kier molecular flexibility index (Phi) is 11.6. The van der Waals surface area contributed by atoms with Gasteiger partial charge in [-0.15, -0.1) is 11.8 Å². The van der Waals surface area contributed by atoms with Gasteiger partial charge in [0.25, 0.3) is 0 Å². The molecule has 280 valence electrons. The number of likely N-dealkylation sites (tertiary alicyclic amines) is 1. The van der Waals surface area contributed by atoms with E-state index in [9.17, 15) is 24.0 Å². The molecule has 0 aromatic heterocycles. The third kappa shape index (κ3) is 8.85. The third-order valence-electron chi connectivity index (χ3n) is 8.81. The molecule has 13 heteroatoms. The zero-order valence-electron chi connectivity index (χ0n) is 30.2. The lowest BCUT2D eigenvalue weighted by atomic mass is 9.95. The Morgan fingerprint density at radius 2 is 1.59 bits per heavy atom. The zero-order chi connectivity index (χ0) is 38.4. The molecule has 4 amide bonds. The van der Waals surface area contributed by atoms with Gasteiger partial charge in [0.05, 0.1) is 0 Å². The maximum Gasteiger partial charge on any atom is 0.411 e. The van der Waals surface area contributed by atoms with E-state index in [1.165, 1.54) is 22.7 Å². The molecule has 2 N–H and O–H groups in total. The largest absolute Gasteiger partial charge is 0.451 e. The summed E-state index contributed by atoms with van der Waals surface area (Å²) in [5.41, 5.74) is 3.06. The number of carbonyl (C=O) groups excluding carboxylic acids is 5. The van der Waals surface area contributed by atoms with Crippen molar-refractivity contribution in [3.8, 4) is 0 Å². The quantitative estimate of drug-likeness (QED) is 0.0741. The van der Waals surface area contributed by atoms with E-state index in [4.69, 9.17) is 14.2 Å².